The van der Waals surface area contributed by atoms with E-state index in [9.17, 15) is 0 Å². The van der Waals surface area contributed by atoms with E-state index >= 15 is 0 Å². The fraction of sp³-hybridized carbons (Fsp3) is 0.103. The van der Waals surface area contributed by atoms with Crippen LogP contribution in [0.3, 0.4) is 0 Å². The van der Waals surface area contributed by atoms with E-state index in [1.807, 2.05) is 24.3 Å². The van der Waals surface area contributed by atoms with Crippen LogP contribution in [-0.2, 0) is 6.61 Å². The third-order valence-corrected chi connectivity index (χ3v) is 5.84. The van der Waals surface area contributed by atoms with Gasteiger partial charge in [0.1, 0.15) is 18.1 Å². The topological polar surface area (TPSA) is 18.5 Å². The monoisotopic (exact) mass is 404 g/mol. The maximum atomic E-state index is 6.42. The molecule has 152 valence electrons. The highest BCUT2D eigenvalue weighted by Gasteiger charge is 2.19. The molecule has 0 radical (unpaired) electrons. The smallest absolute Gasteiger partial charge is 0.128 e. The molecular formula is C29H24O2. The van der Waals surface area contributed by atoms with Crippen LogP contribution in [0.25, 0.3) is 32.7 Å². The zero-order chi connectivity index (χ0) is 21.2. The summed E-state index contributed by atoms with van der Waals surface area (Å²) in [6, 6.07) is 33.6. The van der Waals surface area contributed by atoms with Gasteiger partial charge in [-0.05, 0) is 51.7 Å². The molecule has 0 atom stereocenters. The zero-order valence-electron chi connectivity index (χ0n) is 17.8. The fourth-order valence-electron chi connectivity index (χ4n) is 4.29. The van der Waals surface area contributed by atoms with Gasteiger partial charge in [-0.3, -0.25) is 0 Å². The van der Waals surface area contributed by atoms with E-state index < -0.39 is 0 Å². The van der Waals surface area contributed by atoms with Crippen molar-refractivity contribution < 1.29 is 9.47 Å². The Labute approximate surface area is 182 Å². The molecule has 0 amide bonds. The van der Waals surface area contributed by atoms with Crippen molar-refractivity contribution in [1.82, 2.24) is 0 Å². The molecule has 0 bridgehead atoms. The highest BCUT2D eigenvalue weighted by Crippen LogP contribution is 2.45. The van der Waals surface area contributed by atoms with Gasteiger partial charge < -0.3 is 9.47 Å². The Morgan fingerprint density at radius 1 is 0.581 bits per heavy atom. The molecule has 0 N–H and O–H groups in total. The van der Waals surface area contributed by atoms with Crippen molar-refractivity contribution in [3.63, 3.8) is 0 Å². The fourth-order valence-corrected chi connectivity index (χ4v) is 4.29. The Balaban J connectivity index is 1.79. The van der Waals surface area contributed by atoms with E-state index in [1.54, 1.807) is 7.11 Å². The molecule has 0 saturated heterocycles. The largest absolute Gasteiger partial charge is 0.496 e. The lowest BCUT2D eigenvalue weighted by Crippen LogP contribution is -1.99. The molecule has 0 heterocycles. The van der Waals surface area contributed by atoms with Gasteiger partial charge in [0, 0.05) is 11.1 Å². The Kier molecular flexibility index (Phi) is 5.05. The van der Waals surface area contributed by atoms with Crippen LogP contribution in [0.4, 0.5) is 0 Å². The number of rotatable bonds is 5. The lowest BCUT2D eigenvalue weighted by Gasteiger charge is -2.19. The molecule has 5 aromatic carbocycles. The molecule has 2 heteroatoms. The molecule has 0 fully saturated rings. The maximum absolute atomic E-state index is 6.42. The molecular weight excluding hydrogens is 380 g/mol. The van der Waals surface area contributed by atoms with Gasteiger partial charge in [0.15, 0.2) is 0 Å². The SMILES string of the molecule is COc1ccc2ccccc2c1-c1c(OCc2ccccc2)ccc2c(C)cccc12. The molecule has 0 spiro atoms. The normalized spacial score (nSPS) is 11.0. The van der Waals surface area contributed by atoms with E-state index in [-0.39, 0.29) is 0 Å². The van der Waals surface area contributed by atoms with Crippen molar-refractivity contribution in [3.05, 3.63) is 108 Å². The van der Waals surface area contributed by atoms with Crippen LogP contribution in [0, 0.1) is 6.92 Å². The molecule has 31 heavy (non-hydrogen) atoms. The first-order chi connectivity index (χ1) is 15.3. The lowest BCUT2D eigenvalue weighted by atomic mass is 9.91. The van der Waals surface area contributed by atoms with Gasteiger partial charge in [0.05, 0.1) is 7.11 Å². The predicted molar refractivity (Wildman–Crippen MR) is 129 cm³/mol. The molecule has 5 rings (SSSR count). The van der Waals surface area contributed by atoms with Crippen LogP contribution >= 0.6 is 0 Å². The summed E-state index contributed by atoms with van der Waals surface area (Å²) in [5.74, 6) is 1.70. The molecule has 0 aliphatic rings. The zero-order valence-corrected chi connectivity index (χ0v) is 17.8. The minimum Gasteiger partial charge on any atom is -0.496 e. The molecule has 0 unspecified atom stereocenters. The van der Waals surface area contributed by atoms with Gasteiger partial charge in [-0.25, -0.2) is 0 Å². The van der Waals surface area contributed by atoms with Gasteiger partial charge in [-0.15, -0.1) is 0 Å². The summed E-state index contributed by atoms with van der Waals surface area (Å²) in [5, 5.41) is 4.72. The van der Waals surface area contributed by atoms with Crippen molar-refractivity contribution in [3.8, 4) is 22.6 Å². The first kappa shape index (κ1) is 19.2. The summed E-state index contributed by atoms with van der Waals surface area (Å²) in [5.41, 5.74) is 4.53. The van der Waals surface area contributed by atoms with Gasteiger partial charge in [0.25, 0.3) is 0 Å². The second-order valence-electron chi connectivity index (χ2n) is 7.75. The van der Waals surface area contributed by atoms with Gasteiger partial charge in [0.2, 0.25) is 0 Å². The van der Waals surface area contributed by atoms with Crippen molar-refractivity contribution in [2.75, 3.05) is 7.11 Å². The molecule has 5 aromatic rings. The van der Waals surface area contributed by atoms with Crippen molar-refractivity contribution in [2.45, 2.75) is 13.5 Å². The van der Waals surface area contributed by atoms with E-state index in [0.29, 0.717) is 6.61 Å². The van der Waals surface area contributed by atoms with Crippen LogP contribution in [0.15, 0.2) is 97.1 Å². The number of hydrogen-bond acceptors (Lipinski definition) is 2. The van der Waals surface area contributed by atoms with E-state index in [1.165, 1.54) is 21.7 Å². The number of aryl methyl sites for hydroxylation is 1. The second kappa shape index (κ2) is 8.16. The summed E-state index contributed by atoms with van der Waals surface area (Å²) in [6.45, 7) is 2.66. The van der Waals surface area contributed by atoms with Gasteiger partial charge in [-0.1, -0.05) is 84.9 Å². The number of benzene rings is 5. The number of methoxy groups -OCH3 is 1. The lowest BCUT2D eigenvalue weighted by molar-refractivity contribution is 0.308. The summed E-state index contributed by atoms with van der Waals surface area (Å²) < 4.78 is 12.3. The Morgan fingerprint density at radius 2 is 1.29 bits per heavy atom. The van der Waals surface area contributed by atoms with E-state index in [4.69, 9.17) is 9.47 Å². The predicted octanol–water partition coefficient (Wildman–Crippen LogP) is 7.56. The van der Waals surface area contributed by atoms with Gasteiger partial charge in [-0.2, -0.15) is 0 Å². The van der Waals surface area contributed by atoms with Crippen LogP contribution in [0.5, 0.6) is 11.5 Å². The standard InChI is InChI=1S/C29H24O2/c1-20-9-8-14-25-23(20)16-18-27(31-19-21-10-4-3-5-11-21)29(25)28-24-13-7-6-12-22(24)15-17-26(28)30-2/h3-18H,19H2,1-2H3. The summed E-state index contributed by atoms with van der Waals surface area (Å²) in [4.78, 5) is 0. The summed E-state index contributed by atoms with van der Waals surface area (Å²) >= 11 is 0. The molecule has 0 aliphatic carbocycles. The van der Waals surface area contributed by atoms with Crippen LogP contribution in [-0.4, -0.2) is 7.11 Å². The molecule has 0 saturated carbocycles. The highest BCUT2D eigenvalue weighted by atomic mass is 16.5. The number of fused-ring (bicyclic) bond motifs is 2. The Morgan fingerprint density at radius 3 is 2.13 bits per heavy atom. The minimum absolute atomic E-state index is 0.512. The minimum atomic E-state index is 0.512. The third kappa shape index (κ3) is 3.51. The summed E-state index contributed by atoms with van der Waals surface area (Å²) in [6.07, 6.45) is 0. The van der Waals surface area contributed by atoms with E-state index in [0.717, 1.165) is 33.6 Å². The Hall–Kier alpha value is -3.78. The maximum Gasteiger partial charge on any atom is 0.128 e. The number of hydrogen-bond donors (Lipinski definition) is 0. The van der Waals surface area contributed by atoms with Gasteiger partial charge >= 0.3 is 0 Å². The number of ether oxygens (including phenoxy) is 2. The second-order valence-corrected chi connectivity index (χ2v) is 7.75. The quantitative estimate of drug-likeness (QED) is 0.301. The third-order valence-electron chi connectivity index (χ3n) is 5.84. The van der Waals surface area contributed by atoms with Crippen LogP contribution in [0.1, 0.15) is 11.1 Å². The average Bonchev–Trinajstić information content (AvgIpc) is 2.82. The summed E-state index contributed by atoms with van der Waals surface area (Å²) in [7, 11) is 1.73. The van der Waals surface area contributed by atoms with Crippen LogP contribution in [0.2, 0.25) is 0 Å². The molecule has 0 aliphatic heterocycles. The Bertz CT molecular complexity index is 1370. The van der Waals surface area contributed by atoms with E-state index in [2.05, 4.69) is 79.7 Å². The van der Waals surface area contributed by atoms with Crippen molar-refractivity contribution >= 4 is 21.5 Å². The first-order valence-corrected chi connectivity index (χ1v) is 10.5. The molecule has 2 nitrogen and oxygen atoms in total. The van der Waals surface area contributed by atoms with Crippen LogP contribution < -0.4 is 9.47 Å². The molecule has 0 aromatic heterocycles. The highest BCUT2D eigenvalue weighted by molar-refractivity contribution is 6.10. The van der Waals surface area contributed by atoms with Crippen molar-refractivity contribution in [2.24, 2.45) is 0 Å². The first-order valence-electron chi connectivity index (χ1n) is 10.5. The van der Waals surface area contributed by atoms with Crippen molar-refractivity contribution in [1.29, 1.82) is 0 Å². The average molecular weight is 405 g/mol.